The summed E-state index contributed by atoms with van der Waals surface area (Å²) in [5.74, 6) is 0. The van der Waals surface area contributed by atoms with Crippen molar-refractivity contribution in [1.82, 2.24) is 0 Å². The van der Waals surface area contributed by atoms with Gasteiger partial charge in [0, 0.05) is 0 Å². The summed E-state index contributed by atoms with van der Waals surface area (Å²) >= 11 is 0. The Morgan fingerprint density at radius 1 is 1.33 bits per heavy atom. The van der Waals surface area contributed by atoms with Gasteiger partial charge in [-0.05, 0) is 26.2 Å². The van der Waals surface area contributed by atoms with Gasteiger partial charge in [0.2, 0.25) is 0 Å². The minimum absolute atomic E-state index is 0. The molecule has 0 spiro atoms. The molecule has 0 heterocycles. The zero-order valence-electron chi connectivity index (χ0n) is 6.98. The molecule has 0 saturated heterocycles. The maximum absolute atomic E-state index is 2.33. The lowest BCUT2D eigenvalue weighted by Crippen LogP contribution is -1.77. The molecule has 0 radical (unpaired) electrons. The third-order valence-corrected chi connectivity index (χ3v) is 1.97. The van der Waals surface area contributed by atoms with E-state index in [9.17, 15) is 0 Å². The van der Waals surface area contributed by atoms with E-state index in [0.717, 1.165) is 0 Å². The maximum Gasteiger partial charge on any atom is -0.0130 e. The molecule has 0 atom stereocenters. The fourth-order valence-electron chi connectivity index (χ4n) is 1.31. The molecule has 0 N–H and O–H groups in total. The molecule has 0 aromatic heterocycles. The number of unbranched alkanes of at least 4 members (excludes halogenated alkanes) is 1. The zero-order valence-corrected chi connectivity index (χ0v) is 6.98. The van der Waals surface area contributed by atoms with Crippen LogP contribution in [0.5, 0.6) is 0 Å². The first kappa shape index (κ1) is 14.0. The van der Waals surface area contributed by atoms with E-state index in [2.05, 4.69) is 26.0 Å². The van der Waals surface area contributed by atoms with Crippen LogP contribution in [0.4, 0.5) is 0 Å². The average Bonchev–Trinajstić information content (AvgIpc) is 2.31. The fraction of sp³-hybridized carbons (Fsp3) is 0.667. The molecule has 0 saturated carbocycles. The zero-order chi connectivity index (χ0) is 7.40. The molecule has 1 rings (SSSR count). The highest BCUT2D eigenvalue weighted by Gasteiger charge is 2.01. The molecule has 0 heteroatoms. The lowest BCUT2D eigenvalue weighted by Gasteiger charge is -1.96. The predicted octanol–water partition coefficient (Wildman–Crippen LogP) is 4.73. The molecule has 0 aromatic rings. The van der Waals surface area contributed by atoms with E-state index in [-0.39, 0.29) is 14.9 Å². The smallest absolute Gasteiger partial charge is 0.0130 e. The Morgan fingerprint density at radius 2 is 2.00 bits per heavy atom. The minimum atomic E-state index is 0. The second-order valence-corrected chi connectivity index (χ2v) is 3.06. The molecule has 1 aliphatic carbocycles. The van der Waals surface area contributed by atoms with E-state index in [1.165, 1.54) is 31.3 Å². The molecule has 0 unspecified atom stereocenters. The Balaban J connectivity index is 0. The van der Waals surface area contributed by atoms with E-state index in [1.54, 1.807) is 5.57 Å². The van der Waals surface area contributed by atoms with Crippen molar-refractivity contribution in [3.63, 3.8) is 0 Å². The van der Waals surface area contributed by atoms with Crippen molar-refractivity contribution in [3.8, 4) is 0 Å². The molecule has 0 fully saturated rings. The van der Waals surface area contributed by atoms with Gasteiger partial charge in [-0.3, -0.25) is 0 Å². The van der Waals surface area contributed by atoms with Crippen molar-refractivity contribution in [2.24, 2.45) is 0 Å². The van der Waals surface area contributed by atoms with Crippen molar-refractivity contribution in [3.05, 3.63) is 23.3 Å². The molecule has 72 valence electrons. The predicted molar refractivity (Wildman–Crippen MR) is 59.4 cm³/mol. The summed E-state index contributed by atoms with van der Waals surface area (Å²) in [6, 6.07) is 0. The van der Waals surface area contributed by atoms with Crippen LogP contribution in [0.1, 0.15) is 54.4 Å². The highest BCUT2D eigenvalue weighted by molar-refractivity contribution is 5.30. The first-order chi connectivity index (χ1) is 4.83. The number of rotatable bonds is 3. The van der Waals surface area contributed by atoms with Gasteiger partial charge in [0.05, 0.1) is 0 Å². The van der Waals surface area contributed by atoms with Crippen LogP contribution in [-0.2, 0) is 0 Å². The Kier molecular flexibility index (Phi) is 8.36. The van der Waals surface area contributed by atoms with Crippen LogP contribution in [0.2, 0.25) is 0 Å². The molecule has 0 nitrogen and oxygen atoms in total. The number of hydrogen-bond donors (Lipinski definition) is 0. The van der Waals surface area contributed by atoms with Gasteiger partial charge in [0.15, 0.2) is 0 Å². The first-order valence-electron chi connectivity index (χ1n) is 4.19. The van der Waals surface area contributed by atoms with Gasteiger partial charge >= 0.3 is 0 Å². The van der Waals surface area contributed by atoms with Crippen LogP contribution in [0.3, 0.4) is 0 Å². The van der Waals surface area contributed by atoms with Crippen LogP contribution >= 0.6 is 0 Å². The van der Waals surface area contributed by atoms with Crippen LogP contribution < -0.4 is 0 Å². The van der Waals surface area contributed by atoms with Crippen molar-refractivity contribution < 1.29 is 0 Å². The summed E-state index contributed by atoms with van der Waals surface area (Å²) in [6.45, 7) is 4.43. The third-order valence-electron chi connectivity index (χ3n) is 1.97. The molecule has 12 heavy (non-hydrogen) atoms. The van der Waals surface area contributed by atoms with Crippen molar-refractivity contribution in [1.29, 1.82) is 0 Å². The standard InChI is InChI=1S/C10H16.2CH4/c1-3-4-5-10-7-6-9(2)8-10;;/h6,8H,3-5,7H2,1-2H3;2*1H4. The lowest BCUT2D eigenvalue weighted by molar-refractivity contribution is 0.779. The molecular formula is C12H24. The van der Waals surface area contributed by atoms with Gasteiger partial charge in [-0.15, -0.1) is 0 Å². The van der Waals surface area contributed by atoms with E-state index >= 15 is 0 Å². The largest absolute Gasteiger partial charge is 0.0776 e. The Labute approximate surface area is 78.4 Å². The van der Waals surface area contributed by atoms with Gasteiger partial charge in [-0.1, -0.05) is 51.5 Å². The second-order valence-electron chi connectivity index (χ2n) is 3.06. The van der Waals surface area contributed by atoms with E-state index in [4.69, 9.17) is 0 Å². The Bertz CT molecular complexity index is 161. The first-order valence-corrected chi connectivity index (χ1v) is 4.19. The van der Waals surface area contributed by atoms with Gasteiger partial charge in [0.25, 0.3) is 0 Å². The van der Waals surface area contributed by atoms with E-state index in [0.29, 0.717) is 0 Å². The molecular weight excluding hydrogens is 144 g/mol. The van der Waals surface area contributed by atoms with Gasteiger partial charge < -0.3 is 0 Å². The summed E-state index contributed by atoms with van der Waals surface area (Å²) in [7, 11) is 0. The third kappa shape index (κ3) is 4.38. The summed E-state index contributed by atoms with van der Waals surface area (Å²) in [6.07, 6.45) is 9.83. The minimum Gasteiger partial charge on any atom is -0.0776 e. The van der Waals surface area contributed by atoms with Crippen LogP contribution in [0, 0.1) is 0 Å². The Hall–Kier alpha value is -0.520. The normalized spacial score (nSPS) is 14.2. The van der Waals surface area contributed by atoms with Gasteiger partial charge in [-0.25, -0.2) is 0 Å². The second kappa shape index (κ2) is 7.15. The summed E-state index contributed by atoms with van der Waals surface area (Å²) in [5, 5.41) is 0. The van der Waals surface area contributed by atoms with E-state index < -0.39 is 0 Å². The van der Waals surface area contributed by atoms with Crippen LogP contribution in [0.25, 0.3) is 0 Å². The monoisotopic (exact) mass is 168 g/mol. The topological polar surface area (TPSA) is 0 Å². The highest BCUT2D eigenvalue weighted by atomic mass is 14.1. The lowest BCUT2D eigenvalue weighted by atomic mass is 10.1. The summed E-state index contributed by atoms with van der Waals surface area (Å²) < 4.78 is 0. The Morgan fingerprint density at radius 3 is 2.42 bits per heavy atom. The molecule has 0 bridgehead atoms. The summed E-state index contributed by atoms with van der Waals surface area (Å²) in [5.41, 5.74) is 3.07. The van der Waals surface area contributed by atoms with Gasteiger partial charge in [-0.2, -0.15) is 0 Å². The van der Waals surface area contributed by atoms with Crippen molar-refractivity contribution in [2.75, 3.05) is 0 Å². The number of hydrogen-bond acceptors (Lipinski definition) is 0. The van der Waals surface area contributed by atoms with E-state index in [1.807, 2.05) is 0 Å². The fourth-order valence-corrected chi connectivity index (χ4v) is 1.31. The average molecular weight is 168 g/mol. The summed E-state index contributed by atoms with van der Waals surface area (Å²) in [4.78, 5) is 0. The maximum atomic E-state index is 2.33. The van der Waals surface area contributed by atoms with Crippen LogP contribution in [-0.4, -0.2) is 0 Å². The molecule has 1 aliphatic rings. The quantitative estimate of drug-likeness (QED) is 0.571. The molecule has 0 aromatic carbocycles. The number of allylic oxidation sites excluding steroid dienone is 4. The molecule has 0 amide bonds. The molecule has 0 aliphatic heterocycles. The highest BCUT2D eigenvalue weighted by Crippen LogP contribution is 2.21. The van der Waals surface area contributed by atoms with Crippen molar-refractivity contribution in [2.45, 2.75) is 54.4 Å². The van der Waals surface area contributed by atoms with Gasteiger partial charge in [0.1, 0.15) is 0 Å². The SMILES string of the molecule is C.C.CCCCC1=CC(C)=CC1. The van der Waals surface area contributed by atoms with Crippen molar-refractivity contribution >= 4 is 0 Å². The van der Waals surface area contributed by atoms with Crippen LogP contribution in [0.15, 0.2) is 23.3 Å².